The van der Waals surface area contributed by atoms with Crippen molar-refractivity contribution in [3.63, 3.8) is 0 Å². The fourth-order valence-corrected chi connectivity index (χ4v) is 1.87. The van der Waals surface area contributed by atoms with Gasteiger partial charge in [0.25, 0.3) is 0 Å². The smallest absolute Gasteiger partial charge is 0.305 e. The Kier molecular flexibility index (Phi) is 5.93. The molecule has 0 aromatic rings. The lowest BCUT2D eigenvalue weighted by Crippen LogP contribution is -2.43. The minimum absolute atomic E-state index is 0.319. The second-order valence-corrected chi connectivity index (χ2v) is 4.27. The van der Waals surface area contributed by atoms with Crippen LogP contribution in [0.5, 0.6) is 0 Å². The van der Waals surface area contributed by atoms with E-state index in [2.05, 4.69) is 5.32 Å². The van der Waals surface area contributed by atoms with Crippen LogP contribution in [0.1, 0.15) is 32.1 Å². The Morgan fingerprint density at radius 3 is 2.65 bits per heavy atom. The summed E-state index contributed by atoms with van der Waals surface area (Å²) in [6.45, 7) is 0.832. The Labute approximate surface area is 101 Å². The first-order chi connectivity index (χ1) is 8.09. The fourth-order valence-electron chi connectivity index (χ4n) is 1.87. The second kappa shape index (κ2) is 7.24. The van der Waals surface area contributed by atoms with Gasteiger partial charge >= 0.3 is 5.97 Å². The number of hydrogen-bond donors (Lipinski definition) is 3. The van der Waals surface area contributed by atoms with Gasteiger partial charge in [-0.15, -0.1) is 0 Å². The van der Waals surface area contributed by atoms with Crippen molar-refractivity contribution < 1.29 is 19.4 Å². The first-order valence-corrected chi connectivity index (χ1v) is 5.96. The van der Waals surface area contributed by atoms with Crippen LogP contribution < -0.4 is 11.1 Å². The molecule has 98 valence electrons. The molecule has 0 aromatic heterocycles. The van der Waals surface area contributed by atoms with Crippen LogP contribution in [0, 0.1) is 0 Å². The quantitative estimate of drug-likeness (QED) is 0.541. The summed E-state index contributed by atoms with van der Waals surface area (Å²) in [6, 6.07) is -0.987. The van der Waals surface area contributed by atoms with Crippen molar-refractivity contribution in [1.29, 1.82) is 0 Å². The number of carboxylic acid groups (broad SMARTS) is 1. The summed E-state index contributed by atoms with van der Waals surface area (Å²) in [5, 5.41) is 11.0. The molecule has 1 saturated carbocycles. The summed E-state index contributed by atoms with van der Waals surface area (Å²) < 4.78 is 5.54. The van der Waals surface area contributed by atoms with Crippen molar-refractivity contribution in [2.24, 2.45) is 5.73 Å². The van der Waals surface area contributed by atoms with Gasteiger partial charge in [0.1, 0.15) is 0 Å². The molecule has 17 heavy (non-hydrogen) atoms. The van der Waals surface area contributed by atoms with Gasteiger partial charge in [-0.1, -0.05) is 12.8 Å². The molecular formula is C11H20N2O4. The Balaban J connectivity index is 2.04. The standard InChI is InChI=1S/C11H20N2O4/c12-9(7-10(14)15)11(16)13-5-6-17-8-3-1-2-4-8/h8-9H,1-7,12H2,(H,13,16)(H,14,15). The number of carbonyl (C=O) groups excluding carboxylic acids is 1. The molecule has 6 nitrogen and oxygen atoms in total. The van der Waals surface area contributed by atoms with Gasteiger partial charge in [0, 0.05) is 6.54 Å². The lowest BCUT2D eigenvalue weighted by Gasteiger charge is -2.13. The number of nitrogens with one attached hydrogen (secondary N) is 1. The molecule has 4 N–H and O–H groups in total. The molecule has 1 aliphatic carbocycles. The molecule has 1 unspecified atom stereocenters. The van der Waals surface area contributed by atoms with E-state index in [4.69, 9.17) is 15.6 Å². The number of carboxylic acids is 1. The highest BCUT2D eigenvalue weighted by molar-refractivity contribution is 5.85. The second-order valence-electron chi connectivity index (χ2n) is 4.27. The summed E-state index contributed by atoms with van der Waals surface area (Å²) in [7, 11) is 0. The van der Waals surface area contributed by atoms with E-state index in [1.807, 2.05) is 0 Å². The molecule has 0 bridgehead atoms. The number of rotatable bonds is 7. The molecule has 1 atom stereocenters. The number of nitrogens with two attached hydrogens (primary N) is 1. The predicted molar refractivity (Wildman–Crippen MR) is 61.4 cm³/mol. The van der Waals surface area contributed by atoms with Gasteiger partial charge in [0.2, 0.25) is 5.91 Å². The molecule has 1 aliphatic rings. The average Bonchev–Trinajstić information content (AvgIpc) is 2.75. The van der Waals surface area contributed by atoms with Gasteiger partial charge in [-0.2, -0.15) is 0 Å². The summed E-state index contributed by atoms with van der Waals surface area (Å²) in [5.41, 5.74) is 5.39. The molecule has 0 spiro atoms. The van der Waals surface area contributed by atoms with Gasteiger partial charge in [-0.3, -0.25) is 9.59 Å². The number of ether oxygens (including phenoxy) is 1. The molecule has 6 heteroatoms. The Hall–Kier alpha value is -1.14. The van der Waals surface area contributed by atoms with E-state index >= 15 is 0 Å². The monoisotopic (exact) mass is 244 g/mol. The third-order valence-corrected chi connectivity index (χ3v) is 2.79. The number of aliphatic carboxylic acids is 1. The van der Waals surface area contributed by atoms with E-state index in [0.717, 1.165) is 12.8 Å². The molecule has 1 amide bonds. The highest BCUT2D eigenvalue weighted by Crippen LogP contribution is 2.20. The third kappa shape index (κ3) is 5.65. The van der Waals surface area contributed by atoms with Crippen LogP contribution in [0.4, 0.5) is 0 Å². The third-order valence-electron chi connectivity index (χ3n) is 2.79. The van der Waals surface area contributed by atoms with Gasteiger partial charge in [-0.05, 0) is 12.8 Å². The normalized spacial score (nSPS) is 17.9. The number of amides is 1. The Bertz CT molecular complexity index is 264. The molecule has 0 saturated heterocycles. The zero-order chi connectivity index (χ0) is 12.7. The zero-order valence-electron chi connectivity index (χ0n) is 9.85. The lowest BCUT2D eigenvalue weighted by molar-refractivity contribution is -0.139. The molecule has 1 fully saturated rings. The maximum Gasteiger partial charge on any atom is 0.305 e. The number of carbonyl (C=O) groups is 2. The van der Waals surface area contributed by atoms with Crippen LogP contribution in [-0.4, -0.2) is 42.3 Å². The minimum Gasteiger partial charge on any atom is -0.481 e. The van der Waals surface area contributed by atoms with Crippen LogP contribution in [-0.2, 0) is 14.3 Å². The largest absolute Gasteiger partial charge is 0.481 e. The Morgan fingerprint density at radius 2 is 2.06 bits per heavy atom. The van der Waals surface area contributed by atoms with E-state index in [-0.39, 0.29) is 6.42 Å². The van der Waals surface area contributed by atoms with Crippen molar-refractivity contribution >= 4 is 11.9 Å². The van der Waals surface area contributed by atoms with E-state index < -0.39 is 17.9 Å². The van der Waals surface area contributed by atoms with E-state index in [1.54, 1.807) is 0 Å². The van der Waals surface area contributed by atoms with Crippen LogP contribution in [0.15, 0.2) is 0 Å². The molecular weight excluding hydrogens is 224 g/mol. The minimum atomic E-state index is -1.07. The van der Waals surface area contributed by atoms with Crippen LogP contribution in [0.3, 0.4) is 0 Å². The maximum absolute atomic E-state index is 11.3. The molecule has 0 aromatic carbocycles. The van der Waals surface area contributed by atoms with E-state index in [9.17, 15) is 9.59 Å². The van der Waals surface area contributed by atoms with Crippen molar-refractivity contribution in [1.82, 2.24) is 5.32 Å². The number of hydrogen-bond acceptors (Lipinski definition) is 4. The van der Waals surface area contributed by atoms with Crippen molar-refractivity contribution in [2.45, 2.75) is 44.2 Å². The van der Waals surface area contributed by atoms with Crippen molar-refractivity contribution in [2.75, 3.05) is 13.2 Å². The van der Waals surface area contributed by atoms with Crippen LogP contribution in [0.25, 0.3) is 0 Å². The first-order valence-electron chi connectivity index (χ1n) is 5.96. The summed E-state index contributed by atoms with van der Waals surface area (Å²) in [5.74, 6) is -1.52. The highest BCUT2D eigenvalue weighted by Gasteiger charge is 2.17. The van der Waals surface area contributed by atoms with E-state index in [1.165, 1.54) is 12.8 Å². The molecule has 0 aliphatic heterocycles. The SMILES string of the molecule is NC(CC(=O)O)C(=O)NCCOC1CCCC1. The van der Waals surface area contributed by atoms with Crippen molar-refractivity contribution in [3.05, 3.63) is 0 Å². The average molecular weight is 244 g/mol. The van der Waals surface area contributed by atoms with Crippen LogP contribution in [0.2, 0.25) is 0 Å². The van der Waals surface area contributed by atoms with E-state index in [0.29, 0.717) is 19.3 Å². The zero-order valence-corrected chi connectivity index (χ0v) is 9.85. The first kappa shape index (κ1) is 13.9. The lowest BCUT2D eigenvalue weighted by atomic mass is 10.2. The van der Waals surface area contributed by atoms with Gasteiger partial charge in [0.05, 0.1) is 25.2 Å². The Morgan fingerprint density at radius 1 is 1.41 bits per heavy atom. The predicted octanol–water partition coefficient (Wildman–Crippen LogP) is -0.136. The highest BCUT2D eigenvalue weighted by atomic mass is 16.5. The van der Waals surface area contributed by atoms with Gasteiger partial charge in [0.15, 0.2) is 0 Å². The molecule has 0 radical (unpaired) electrons. The summed E-state index contributed by atoms with van der Waals surface area (Å²) in [4.78, 5) is 21.7. The molecule has 1 rings (SSSR count). The molecule has 0 heterocycles. The maximum atomic E-state index is 11.3. The van der Waals surface area contributed by atoms with Gasteiger partial charge < -0.3 is 20.9 Å². The van der Waals surface area contributed by atoms with Crippen molar-refractivity contribution in [3.8, 4) is 0 Å². The summed E-state index contributed by atoms with van der Waals surface area (Å²) >= 11 is 0. The van der Waals surface area contributed by atoms with Crippen LogP contribution >= 0.6 is 0 Å². The topological polar surface area (TPSA) is 102 Å². The fraction of sp³-hybridized carbons (Fsp3) is 0.818. The van der Waals surface area contributed by atoms with Gasteiger partial charge in [-0.25, -0.2) is 0 Å². The summed E-state index contributed by atoms with van der Waals surface area (Å²) in [6.07, 6.45) is 4.56.